The van der Waals surface area contributed by atoms with Gasteiger partial charge in [0.2, 0.25) is 0 Å². The van der Waals surface area contributed by atoms with E-state index in [1.165, 1.54) is 7.11 Å². The second kappa shape index (κ2) is 5.33. The molecule has 21 heavy (non-hydrogen) atoms. The molecule has 106 valence electrons. The third-order valence-corrected chi connectivity index (χ3v) is 3.95. The minimum atomic E-state index is -0.374. The number of hydrogen-bond donors (Lipinski definition) is 0. The van der Waals surface area contributed by atoms with E-state index in [1.807, 2.05) is 48.0 Å². The molecule has 3 aromatic rings. The van der Waals surface area contributed by atoms with Crippen molar-refractivity contribution in [3.05, 3.63) is 52.5 Å². The van der Waals surface area contributed by atoms with Gasteiger partial charge in [-0.3, -0.25) is 0 Å². The van der Waals surface area contributed by atoms with E-state index in [4.69, 9.17) is 4.74 Å². The number of carbonyl (C=O) groups excluding carboxylic acids is 1. The van der Waals surface area contributed by atoms with E-state index in [1.54, 1.807) is 6.07 Å². The number of halogens is 1. The number of esters is 1. The molecule has 0 bridgehead atoms. The average Bonchev–Trinajstić information content (AvgIpc) is 2.85. The van der Waals surface area contributed by atoms with Crippen molar-refractivity contribution < 1.29 is 9.53 Å². The molecule has 0 saturated carbocycles. The van der Waals surface area contributed by atoms with Gasteiger partial charge >= 0.3 is 5.97 Å². The first-order valence-electron chi connectivity index (χ1n) is 6.41. The number of hydrogen-bond acceptors (Lipinski definition) is 3. The van der Waals surface area contributed by atoms with Gasteiger partial charge in [-0.05, 0) is 24.3 Å². The monoisotopic (exact) mass is 344 g/mol. The third kappa shape index (κ3) is 2.34. The van der Waals surface area contributed by atoms with Crippen LogP contribution in [0, 0.1) is 0 Å². The molecule has 1 heterocycles. The molecule has 0 aliphatic carbocycles. The molecule has 0 N–H and O–H groups in total. The molecule has 0 fully saturated rings. The van der Waals surface area contributed by atoms with Crippen LogP contribution in [0.2, 0.25) is 0 Å². The van der Waals surface area contributed by atoms with Crippen LogP contribution in [0.5, 0.6) is 0 Å². The van der Waals surface area contributed by atoms with Gasteiger partial charge in [0, 0.05) is 17.1 Å². The van der Waals surface area contributed by atoms with Gasteiger partial charge in [0.15, 0.2) is 0 Å². The van der Waals surface area contributed by atoms with E-state index in [2.05, 4.69) is 20.9 Å². The summed E-state index contributed by atoms with van der Waals surface area (Å²) in [5.41, 5.74) is 3.03. The Morgan fingerprint density at radius 3 is 2.57 bits per heavy atom. The molecule has 4 nitrogen and oxygen atoms in total. The van der Waals surface area contributed by atoms with Crippen LogP contribution in [-0.2, 0) is 11.8 Å². The number of aromatic nitrogens is 2. The van der Waals surface area contributed by atoms with Gasteiger partial charge in [-0.1, -0.05) is 34.1 Å². The molecule has 0 atom stereocenters. The number of benzene rings is 2. The van der Waals surface area contributed by atoms with Gasteiger partial charge in [0.05, 0.1) is 18.2 Å². The van der Waals surface area contributed by atoms with Gasteiger partial charge in [-0.2, -0.15) is 0 Å². The van der Waals surface area contributed by atoms with Gasteiger partial charge in [0.1, 0.15) is 11.3 Å². The van der Waals surface area contributed by atoms with Crippen molar-refractivity contribution in [2.24, 2.45) is 7.05 Å². The molecule has 0 unspecified atom stereocenters. The van der Waals surface area contributed by atoms with Crippen LogP contribution in [0.4, 0.5) is 0 Å². The van der Waals surface area contributed by atoms with Crippen LogP contribution < -0.4 is 0 Å². The van der Waals surface area contributed by atoms with E-state index in [9.17, 15) is 4.79 Å². The summed E-state index contributed by atoms with van der Waals surface area (Å²) in [6, 6.07) is 13.4. The number of imidazole rings is 1. The Hall–Kier alpha value is -2.14. The Bertz CT molecular complexity index is 822. The zero-order chi connectivity index (χ0) is 15.0. The van der Waals surface area contributed by atoms with Gasteiger partial charge in [-0.25, -0.2) is 9.78 Å². The summed E-state index contributed by atoms with van der Waals surface area (Å²) in [7, 11) is 3.31. The van der Waals surface area contributed by atoms with Gasteiger partial charge in [0.25, 0.3) is 0 Å². The summed E-state index contributed by atoms with van der Waals surface area (Å²) in [4.78, 5) is 16.5. The number of nitrogens with zero attached hydrogens (tertiary/aromatic N) is 2. The summed E-state index contributed by atoms with van der Waals surface area (Å²) in [5.74, 6) is 0.440. The number of fused-ring (bicyclic) bond motifs is 1. The molecule has 0 aliphatic rings. The highest BCUT2D eigenvalue weighted by molar-refractivity contribution is 9.10. The van der Waals surface area contributed by atoms with E-state index in [-0.39, 0.29) is 5.97 Å². The minimum absolute atomic E-state index is 0.374. The predicted octanol–water partition coefficient (Wildman–Crippen LogP) is 3.79. The number of aryl methyl sites for hydroxylation is 1. The molecule has 0 aliphatic heterocycles. The van der Waals surface area contributed by atoms with Crippen molar-refractivity contribution >= 4 is 32.9 Å². The highest BCUT2D eigenvalue weighted by Crippen LogP contribution is 2.27. The van der Waals surface area contributed by atoms with Gasteiger partial charge in [-0.15, -0.1) is 0 Å². The lowest BCUT2D eigenvalue weighted by atomic mass is 10.2. The Labute approximate surface area is 130 Å². The van der Waals surface area contributed by atoms with Gasteiger partial charge < -0.3 is 9.30 Å². The molecule has 1 aromatic heterocycles. The molecular weight excluding hydrogens is 332 g/mol. The van der Waals surface area contributed by atoms with E-state index in [0.717, 1.165) is 21.4 Å². The van der Waals surface area contributed by atoms with Crippen LogP contribution >= 0.6 is 15.9 Å². The topological polar surface area (TPSA) is 44.1 Å². The first-order chi connectivity index (χ1) is 10.1. The highest BCUT2D eigenvalue weighted by atomic mass is 79.9. The van der Waals surface area contributed by atoms with Crippen LogP contribution in [0.25, 0.3) is 22.4 Å². The fourth-order valence-electron chi connectivity index (χ4n) is 2.35. The molecule has 3 rings (SSSR count). The lowest BCUT2D eigenvalue weighted by Gasteiger charge is -2.02. The standard InChI is InChI=1S/C16H13BrN2O2/c1-19-13-5-3-4-12(16(20)21-2)14(13)18-15(19)10-6-8-11(17)9-7-10/h3-9H,1-2H3. The largest absolute Gasteiger partial charge is 0.465 e. The SMILES string of the molecule is COC(=O)c1cccc2c1nc(-c1ccc(Br)cc1)n2C. The van der Waals surface area contributed by atoms with Crippen molar-refractivity contribution in [1.82, 2.24) is 9.55 Å². The van der Waals surface area contributed by atoms with Crippen molar-refractivity contribution in [3.8, 4) is 11.4 Å². The number of para-hydroxylation sites is 1. The number of methoxy groups -OCH3 is 1. The maximum absolute atomic E-state index is 11.9. The fourth-order valence-corrected chi connectivity index (χ4v) is 2.61. The van der Waals surface area contributed by atoms with E-state index >= 15 is 0 Å². The second-order valence-corrected chi connectivity index (χ2v) is 5.58. The predicted molar refractivity (Wildman–Crippen MR) is 85.2 cm³/mol. The summed E-state index contributed by atoms with van der Waals surface area (Å²) >= 11 is 3.42. The summed E-state index contributed by atoms with van der Waals surface area (Å²) in [6.07, 6.45) is 0. The molecule has 0 amide bonds. The molecule has 5 heteroatoms. The van der Waals surface area contributed by atoms with Crippen LogP contribution in [0.15, 0.2) is 46.9 Å². The maximum Gasteiger partial charge on any atom is 0.340 e. The van der Waals surface area contributed by atoms with E-state index in [0.29, 0.717) is 11.1 Å². The zero-order valence-electron chi connectivity index (χ0n) is 11.6. The smallest absolute Gasteiger partial charge is 0.340 e. The van der Waals surface area contributed by atoms with Crippen molar-refractivity contribution in [2.45, 2.75) is 0 Å². The lowest BCUT2D eigenvalue weighted by molar-refractivity contribution is 0.0603. The molecule has 0 spiro atoms. The van der Waals surface area contributed by atoms with Crippen molar-refractivity contribution in [1.29, 1.82) is 0 Å². The summed E-state index contributed by atoms with van der Waals surface area (Å²) < 4.78 is 7.81. The van der Waals surface area contributed by atoms with Crippen LogP contribution in [-0.4, -0.2) is 22.6 Å². The second-order valence-electron chi connectivity index (χ2n) is 4.67. The van der Waals surface area contributed by atoms with Crippen molar-refractivity contribution in [3.63, 3.8) is 0 Å². The first kappa shape index (κ1) is 13.8. The first-order valence-corrected chi connectivity index (χ1v) is 7.21. The minimum Gasteiger partial charge on any atom is -0.465 e. The normalized spacial score (nSPS) is 10.8. The Kier molecular flexibility index (Phi) is 3.51. The zero-order valence-corrected chi connectivity index (χ0v) is 13.2. The maximum atomic E-state index is 11.9. The number of carbonyl (C=O) groups is 1. The molecule has 0 saturated heterocycles. The molecule has 0 radical (unpaired) electrons. The Morgan fingerprint density at radius 2 is 1.90 bits per heavy atom. The third-order valence-electron chi connectivity index (χ3n) is 3.42. The average molecular weight is 345 g/mol. The van der Waals surface area contributed by atoms with Crippen molar-refractivity contribution in [2.75, 3.05) is 7.11 Å². The van der Waals surface area contributed by atoms with E-state index < -0.39 is 0 Å². The lowest BCUT2D eigenvalue weighted by Crippen LogP contribution is -2.01. The fraction of sp³-hybridized carbons (Fsp3) is 0.125. The number of rotatable bonds is 2. The number of ether oxygens (including phenoxy) is 1. The summed E-state index contributed by atoms with van der Waals surface area (Å²) in [5, 5.41) is 0. The summed E-state index contributed by atoms with van der Waals surface area (Å²) in [6.45, 7) is 0. The van der Waals surface area contributed by atoms with Crippen LogP contribution in [0.1, 0.15) is 10.4 Å². The Balaban J connectivity index is 2.24. The quantitative estimate of drug-likeness (QED) is 0.664. The molecule has 2 aromatic carbocycles. The Morgan fingerprint density at radius 1 is 1.19 bits per heavy atom. The highest BCUT2D eigenvalue weighted by Gasteiger charge is 2.16. The van der Waals surface area contributed by atoms with Crippen LogP contribution in [0.3, 0.4) is 0 Å². The molecular formula is C16H13BrN2O2.